The van der Waals surface area contributed by atoms with Gasteiger partial charge in [-0.15, -0.1) is 0 Å². The van der Waals surface area contributed by atoms with Crippen LogP contribution in [0.5, 0.6) is 5.75 Å². The summed E-state index contributed by atoms with van der Waals surface area (Å²) in [6.07, 6.45) is 6.19. The number of ether oxygens (including phenoxy) is 2. The van der Waals surface area contributed by atoms with E-state index in [0.29, 0.717) is 39.0 Å². The van der Waals surface area contributed by atoms with Crippen molar-refractivity contribution in [2.45, 2.75) is 31.3 Å². The average Bonchev–Trinajstić information content (AvgIpc) is 3.07. The average molecular weight is 478 g/mol. The number of benzene rings is 2. The number of carbonyl (C=O) groups excluding carboxylic acids is 2. The number of rotatable bonds is 10. The van der Waals surface area contributed by atoms with Gasteiger partial charge in [0, 0.05) is 45.5 Å². The summed E-state index contributed by atoms with van der Waals surface area (Å²) in [4.78, 5) is 32.7. The number of urea groups is 1. The molecular weight excluding hydrogens is 442 g/mol. The molecule has 7 heteroatoms. The zero-order valence-corrected chi connectivity index (χ0v) is 20.7. The van der Waals surface area contributed by atoms with Gasteiger partial charge in [0.1, 0.15) is 11.3 Å². The van der Waals surface area contributed by atoms with Crippen LogP contribution in [0.2, 0.25) is 0 Å². The van der Waals surface area contributed by atoms with Gasteiger partial charge in [0.05, 0.1) is 13.7 Å². The molecule has 2 heterocycles. The molecule has 2 aliphatic heterocycles. The molecule has 0 aromatic heterocycles. The van der Waals surface area contributed by atoms with Crippen LogP contribution < -0.4 is 4.74 Å². The molecule has 2 aromatic rings. The monoisotopic (exact) mass is 477 g/mol. The molecule has 3 amide bonds. The highest BCUT2D eigenvalue weighted by atomic mass is 16.5. The van der Waals surface area contributed by atoms with Crippen LogP contribution in [0.4, 0.5) is 4.79 Å². The first-order valence-corrected chi connectivity index (χ1v) is 12.3. The molecule has 35 heavy (non-hydrogen) atoms. The number of para-hydroxylation sites is 1. The SMILES string of the molecule is COCCCN1C(=O)N(Cc2ccccc2)C(=O)C12CCN(C/C=C/c1ccccc1OC)CC2. The first-order valence-electron chi connectivity index (χ1n) is 12.3. The van der Waals surface area contributed by atoms with Gasteiger partial charge in [-0.2, -0.15) is 0 Å². The number of hydrogen-bond donors (Lipinski definition) is 0. The van der Waals surface area contributed by atoms with Crippen LogP contribution in [0.1, 0.15) is 30.4 Å². The zero-order valence-electron chi connectivity index (χ0n) is 20.7. The summed E-state index contributed by atoms with van der Waals surface area (Å²) in [6.45, 7) is 3.70. The van der Waals surface area contributed by atoms with Crippen LogP contribution in [0.15, 0.2) is 60.7 Å². The largest absolute Gasteiger partial charge is 0.496 e. The molecule has 0 N–H and O–H groups in total. The Morgan fingerprint density at radius 3 is 2.40 bits per heavy atom. The van der Waals surface area contributed by atoms with Gasteiger partial charge in [0.2, 0.25) is 0 Å². The fraction of sp³-hybridized carbons (Fsp3) is 0.429. The van der Waals surface area contributed by atoms with Crippen LogP contribution in [0.3, 0.4) is 0 Å². The minimum Gasteiger partial charge on any atom is -0.496 e. The molecule has 2 fully saturated rings. The molecule has 2 aromatic carbocycles. The molecule has 0 saturated carbocycles. The van der Waals surface area contributed by atoms with E-state index in [1.54, 1.807) is 14.2 Å². The molecule has 4 rings (SSSR count). The molecule has 0 bridgehead atoms. The summed E-state index contributed by atoms with van der Waals surface area (Å²) in [5.41, 5.74) is 1.24. The van der Waals surface area contributed by atoms with E-state index in [-0.39, 0.29) is 11.9 Å². The Labute approximate surface area is 207 Å². The van der Waals surface area contributed by atoms with Gasteiger partial charge < -0.3 is 14.4 Å². The maximum Gasteiger partial charge on any atom is 0.327 e. The van der Waals surface area contributed by atoms with Crippen molar-refractivity contribution < 1.29 is 19.1 Å². The number of piperidine rings is 1. The lowest BCUT2D eigenvalue weighted by Gasteiger charge is -2.42. The molecule has 1 spiro atoms. The van der Waals surface area contributed by atoms with E-state index in [4.69, 9.17) is 9.47 Å². The number of imide groups is 1. The second-order valence-corrected chi connectivity index (χ2v) is 9.13. The molecular formula is C28H35N3O4. The lowest BCUT2D eigenvalue weighted by Crippen LogP contribution is -2.56. The summed E-state index contributed by atoms with van der Waals surface area (Å²) in [5, 5.41) is 0. The van der Waals surface area contributed by atoms with Crippen molar-refractivity contribution in [1.82, 2.24) is 14.7 Å². The van der Waals surface area contributed by atoms with Gasteiger partial charge in [-0.3, -0.25) is 14.6 Å². The van der Waals surface area contributed by atoms with E-state index in [0.717, 1.165) is 36.5 Å². The van der Waals surface area contributed by atoms with Gasteiger partial charge in [0.25, 0.3) is 5.91 Å². The normalized spacial score (nSPS) is 18.2. The summed E-state index contributed by atoms with van der Waals surface area (Å²) < 4.78 is 10.6. The Morgan fingerprint density at radius 1 is 0.971 bits per heavy atom. The number of carbonyl (C=O) groups is 2. The predicted molar refractivity (Wildman–Crippen MR) is 136 cm³/mol. The molecule has 0 atom stereocenters. The van der Waals surface area contributed by atoms with E-state index in [1.165, 1.54) is 4.90 Å². The van der Waals surface area contributed by atoms with Crippen molar-refractivity contribution >= 4 is 18.0 Å². The maximum atomic E-state index is 13.7. The quantitative estimate of drug-likeness (QED) is 0.382. The zero-order chi connectivity index (χ0) is 24.7. The predicted octanol–water partition coefficient (Wildman–Crippen LogP) is 4.04. The van der Waals surface area contributed by atoms with Crippen molar-refractivity contribution in [3.05, 3.63) is 71.8 Å². The van der Waals surface area contributed by atoms with E-state index in [1.807, 2.05) is 59.5 Å². The smallest absolute Gasteiger partial charge is 0.327 e. The molecule has 0 radical (unpaired) electrons. The van der Waals surface area contributed by atoms with Gasteiger partial charge in [-0.1, -0.05) is 60.7 Å². The third-order valence-corrected chi connectivity index (χ3v) is 7.02. The summed E-state index contributed by atoms with van der Waals surface area (Å²) >= 11 is 0. The van der Waals surface area contributed by atoms with Crippen LogP contribution in [-0.2, 0) is 16.1 Å². The van der Waals surface area contributed by atoms with Crippen LogP contribution in [-0.4, -0.2) is 79.2 Å². The number of amides is 3. The third kappa shape index (κ3) is 5.41. The van der Waals surface area contributed by atoms with Crippen molar-refractivity contribution in [3.63, 3.8) is 0 Å². The fourth-order valence-electron chi connectivity index (χ4n) is 5.09. The Bertz CT molecular complexity index is 1030. The fourth-order valence-corrected chi connectivity index (χ4v) is 5.09. The van der Waals surface area contributed by atoms with Crippen LogP contribution in [0.25, 0.3) is 6.08 Å². The standard InChI is InChI=1S/C28H35N3O4/c1-34-21-9-18-31-27(33)30(22-23-10-4-3-5-11-23)26(32)28(31)15-19-29(20-16-28)17-8-13-24-12-6-7-14-25(24)35-2/h3-8,10-14H,9,15-22H2,1-2H3/b13-8+. The van der Waals surface area contributed by atoms with Crippen LogP contribution in [0, 0.1) is 0 Å². The Hall–Kier alpha value is -3.16. The first kappa shape index (κ1) is 24.9. The minimum atomic E-state index is -0.761. The van der Waals surface area contributed by atoms with Crippen molar-refractivity contribution in [2.75, 3.05) is 47.0 Å². The molecule has 7 nitrogen and oxygen atoms in total. The first-order chi connectivity index (χ1) is 17.1. The van der Waals surface area contributed by atoms with Gasteiger partial charge in [-0.05, 0) is 30.9 Å². The van der Waals surface area contributed by atoms with Gasteiger partial charge in [-0.25, -0.2) is 4.79 Å². The maximum absolute atomic E-state index is 13.7. The van der Waals surface area contributed by atoms with Gasteiger partial charge in [0.15, 0.2) is 0 Å². The van der Waals surface area contributed by atoms with Crippen molar-refractivity contribution in [1.29, 1.82) is 0 Å². The third-order valence-electron chi connectivity index (χ3n) is 7.02. The van der Waals surface area contributed by atoms with E-state index >= 15 is 0 Å². The number of methoxy groups -OCH3 is 2. The molecule has 2 aliphatic rings. The van der Waals surface area contributed by atoms with E-state index < -0.39 is 5.54 Å². The number of nitrogens with zero attached hydrogens (tertiary/aromatic N) is 3. The highest BCUT2D eigenvalue weighted by Crippen LogP contribution is 2.38. The topological polar surface area (TPSA) is 62.3 Å². The lowest BCUT2D eigenvalue weighted by atomic mass is 9.85. The Kier molecular flexibility index (Phi) is 8.21. The van der Waals surface area contributed by atoms with Gasteiger partial charge >= 0.3 is 6.03 Å². The van der Waals surface area contributed by atoms with E-state index in [9.17, 15) is 9.59 Å². The van der Waals surface area contributed by atoms with Crippen LogP contribution >= 0.6 is 0 Å². The summed E-state index contributed by atoms with van der Waals surface area (Å²) in [7, 11) is 3.33. The minimum absolute atomic E-state index is 0.0621. The second kappa shape index (κ2) is 11.5. The number of likely N-dealkylation sites (tertiary alicyclic amines) is 1. The molecule has 0 aliphatic carbocycles. The summed E-state index contributed by atoms with van der Waals surface area (Å²) in [6, 6.07) is 17.5. The highest BCUT2D eigenvalue weighted by Gasteiger charge is 2.57. The van der Waals surface area contributed by atoms with Crippen molar-refractivity contribution in [3.8, 4) is 5.75 Å². The van der Waals surface area contributed by atoms with Crippen molar-refractivity contribution in [2.24, 2.45) is 0 Å². The van der Waals surface area contributed by atoms with E-state index in [2.05, 4.69) is 17.1 Å². The highest BCUT2D eigenvalue weighted by molar-refractivity contribution is 6.07. The molecule has 2 saturated heterocycles. The summed E-state index contributed by atoms with van der Waals surface area (Å²) in [5.74, 6) is 0.787. The lowest BCUT2D eigenvalue weighted by molar-refractivity contribution is -0.136. The Balaban J connectivity index is 1.44. The second-order valence-electron chi connectivity index (χ2n) is 9.13. The molecule has 186 valence electrons. The molecule has 0 unspecified atom stereocenters. The number of hydrogen-bond acceptors (Lipinski definition) is 5. The Morgan fingerprint density at radius 2 is 1.69 bits per heavy atom.